The first-order valence-corrected chi connectivity index (χ1v) is 10.8. The molecular weight excluding hydrogens is 391 g/mol. The van der Waals surface area contributed by atoms with E-state index in [1.807, 2.05) is 0 Å². The Morgan fingerprint density at radius 3 is 2.19 bits per heavy atom. The van der Waals surface area contributed by atoms with Crippen LogP contribution in [0, 0.1) is 19.7 Å². The van der Waals surface area contributed by atoms with Crippen molar-refractivity contribution in [1.82, 2.24) is 24.6 Å². The van der Waals surface area contributed by atoms with Gasteiger partial charge in [-0.15, -0.1) is 0 Å². The first kappa shape index (κ1) is 21.4. The number of nitrogens with zero attached hydrogens (tertiary/aromatic N) is 6. The number of piperazine rings is 1. The van der Waals surface area contributed by atoms with E-state index in [-0.39, 0.29) is 11.4 Å². The maximum atomic E-state index is 13.3. The molecule has 1 saturated heterocycles. The highest BCUT2D eigenvalue weighted by Gasteiger charge is 2.25. The van der Waals surface area contributed by atoms with Crippen LogP contribution in [0.5, 0.6) is 0 Å². The number of halogens is 1. The molecule has 0 radical (unpaired) electrons. The highest BCUT2D eigenvalue weighted by atomic mass is 19.1. The summed E-state index contributed by atoms with van der Waals surface area (Å²) in [6.07, 6.45) is 3.42. The Balaban J connectivity index is 1.47. The Labute approximate surface area is 183 Å². The molecule has 164 valence electrons. The van der Waals surface area contributed by atoms with Crippen LogP contribution in [0.15, 0.2) is 36.7 Å². The van der Waals surface area contributed by atoms with Crippen molar-refractivity contribution in [2.24, 2.45) is 0 Å². The lowest BCUT2D eigenvalue weighted by molar-refractivity contribution is 0.248. The summed E-state index contributed by atoms with van der Waals surface area (Å²) in [6.45, 7) is 15.4. The number of anilines is 1. The lowest BCUT2D eigenvalue weighted by atomic mass is 10.1. The molecule has 1 aliphatic rings. The smallest absolute Gasteiger partial charge is 0.155 e. The zero-order valence-corrected chi connectivity index (χ0v) is 19.1. The molecule has 0 amide bonds. The van der Waals surface area contributed by atoms with Crippen molar-refractivity contribution in [3.8, 4) is 11.3 Å². The van der Waals surface area contributed by atoms with Crippen LogP contribution in [0.4, 0.5) is 10.2 Å². The van der Waals surface area contributed by atoms with Gasteiger partial charge in [-0.2, -0.15) is 5.10 Å². The molecule has 0 aliphatic carbocycles. The largest absolute Gasteiger partial charge is 0.352 e. The predicted molar refractivity (Wildman–Crippen MR) is 122 cm³/mol. The van der Waals surface area contributed by atoms with Crippen LogP contribution in [0.25, 0.3) is 11.3 Å². The Morgan fingerprint density at radius 1 is 0.935 bits per heavy atom. The van der Waals surface area contributed by atoms with Gasteiger partial charge < -0.3 is 4.90 Å². The van der Waals surface area contributed by atoms with Gasteiger partial charge in [-0.3, -0.25) is 14.6 Å². The van der Waals surface area contributed by atoms with Gasteiger partial charge in [0.05, 0.1) is 11.2 Å². The molecule has 6 nitrogen and oxygen atoms in total. The second kappa shape index (κ2) is 8.38. The fourth-order valence-corrected chi connectivity index (χ4v) is 4.27. The van der Waals surface area contributed by atoms with E-state index in [4.69, 9.17) is 5.10 Å². The van der Waals surface area contributed by atoms with Crippen LogP contribution in [0.3, 0.4) is 0 Å². The van der Waals surface area contributed by atoms with Crippen LogP contribution >= 0.6 is 0 Å². The predicted octanol–water partition coefficient (Wildman–Crippen LogP) is 4.17. The molecule has 1 fully saturated rings. The fourth-order valence-electron chi connectivity index (χ4n) is 4.27. The first-order chi connectivity index (χ1) is 14.7. The van der Waals surface area contributed by atoms with E-state index < -0.39 is 0 Å². The lowest BCUT2D eigenvalue weighted by Gasteiger charge is -2.36. The molecule has 1 aliphatic heterocycles. The highest BCUT2D eigenvalue weighted by Crippen LogP contribution is 2.28. The average molecular weight is 423 g/mol. The van der Waals surface area contributed by atoms with Crippen molar-refractivity contribution in [2.45, 2.75) is 46.7 Å². The van der Waals surface area contributed by atoms with E-state index in [1.165, 1.54) is 23.4 Å². The maximum absolute atomic E-state index is 13.3. The Bertz CT molecular complexity index is 1040. The van der Waals surface area contributed by atoms with Crippen LogP contribution in [0.1, 0.15) is 37.7 Å². The number of aryl methyl sites for hydroxylation is 1. The van der Waals surface area contributed by atoms with Crippen molar-refractivity contribution in [2.75, 3.05) is 31.1 Å². The van der Waals surface area contributed by atoms with Crippen molar-refractivity contribution < 1.29 is 4.39 Å². The van der Waals surface area contributed by atoms with E-state index in [0.717, 1.165) is 55.5 Å². The van der Waals surface area contributed by atoms with Crippen molar-refractivity contribution >= 4 is 5.82 Å². The van der Waals surface area contributed by atoms with E-state index in [0.29, 0.717) is 0 Å². The highest BCUT2D eigenvalue weighted by molar-refractivity contribution is 5.72. The molecule has 2 aromatic heterocycles. The van der Waals surface area contributed by atoms with Crippen LogP contribution in [0.2, 0.25) is 0 Å². The van der Waals surface area contributed by atoms with Gasteiger partial charge in [-0.1, -0.05) is 0 Å². The normalized spacial score (nSPS) is 15.5. The summed E-state index contributed by atoms with van der Waals surface area (Å²) in [5.41, 5.74) is 5.35. The van der Waals surface area contributed by atoms with Crippen LogP contribution < -0.4 is 4.90 Å². The SMILES string of the molecule is Cc1nn(C(C)(C)C)c(C)c1CN1CCN(c2nccnc2-c2ccc(F)cc2)CC1. The Kier molecular flexibility index (Phi) is 5.79. The van der Waals surface area contributed by atoms with Gasteiger partial charge in [0.15, 0.2) is 5.82 Å². The zero-order chi connectivity index (χ0) is 22.2. The van der Waals surface area contributed by atoms with Crippen molar-refractivity contribution in [3.05, 3.63) is 59.4 Å². The monoisotopic (exact) mass is 422 g/mol. The van der Waals surface area contributed by atoms with Crippen LogP contribution in [-0.4, -0.2) is 50.8 Å². The molecular formula is C24H31FN6. The van der Waals surface area contributed by atoms with Gasteiger partial charge in [0.1, 0.15) is 11.5 Å². The van der Waals surface area contributed by atoms with Gasteiger partial charge >= 0.3 is 0 Å². The summed E-state index contributed by atoms with van der Waals surface area (Å²) in [5.74, 6) is 0.616. The Morgan fingerprint density at radius 2 is 1.58 bits per heavy atom. The molecule has 0 atom stereocenters. The van der Waals surface area contributed by atoms with Gasteiger partial charge in [0, 0.05) is 61.9 Å². The summed E-state index contributed by atoms with van der Waals surface area (Å²) in [4.78, 5) is 13.9. The minimum absolute atomic E-state index is 0.0193. The molecule has 3 heterocycles. The quantitative estimate of drug-likeness (QED) is 0.632. The summed E-state index contributed by atoms with van der Waals surface area (Å²) in [5, 5.41) is 4.80. The molecule has 0 saturated carbocycles. The summed E-state index contributed by atoms with van der Waals surface area (Å²) < 4.78 is 15.5. The summed E-state index contributed by atoms with van der Waals surface area (Å²) >= 11 is 0. The summed E-state index contributed by atoms with van der Waals surface area (Å²) in [7, 11) is 0. The lowest BCUT2D eigenvalue weighted by Crippen LogP contribution is -2.46. The Hall–Kier alpha value is -2.80. The van der Waals surface area contributed by atoms with Crippen molar-refractivity contribution in [3.63, 3.8) is 0 Å². The molecule has 0 bridgehead atoms. The van der Waals surface area contributed by atoms with E-state index >= 15 is 0 Å². The molecule has 0 N–H and O–H groups in total. The average Bonchev–Trinajstić information content (AvgIpc) is 3.03. The molecule has 31 heavy (non-hydrogen) atoms. The second-order valence-corrected chi connectivity index (χ2v) is 9.23. The third-order valence-electron chi connectivity index (χ3n) is 5.93. The molecule has 4 rings (SSSR count). The standard InChI is InChI=1S/C24H31FN6/c1-17-21(18(2)31(28-17)24(3,4)5)16-29-12-14-30(15-13-29)23-22(26-10-11-27-23)19-6-8-20(25)9-7-19/h6-11H,12-16H2,1-5H3. The molecule has 1 aromatic carbocycles. The topological polar surface area (TPSA) is 50.1 Å². The van der Waals surface area contributed by atoms with E-state index in [2.05, 4.69) is 59.1 Å². The number of aromatic nitrogens is 4. The number of benzene rings is 1. The molecule has 7 heteroatoms. The molecule has 0 spiro atoms. The fraction of sp³-hybridized carbons (Fsp3) is 0.458. The van der Waals surface area contributed by atoms with Gasteiger partial charge in [0.25, 0.3) is 0 Å². The van der Waals surface area contributed by atoms with E-state index in [1.54, 1.807) is 24.5 Å². The minimum atomic E-state index is -0.247. The molecule has 3 aromatic rings. The number of hydrogen-bond donors (Lipinski definition) is 0. The number of rotatable bonds is 4. The first-order valence-electron chi connectivity index (χ1n) is 10.8. The number of hydrogen-bond acceptors (Lipinski definition) is 5. The van der Waals surface area contributed by atoms with Gasteiger partial charge in [-0.05, 0) is 58.9 Å². The zero-order valence-electron chi connectivity index (χ0n) is 19.1. The summed E-state index contributed by atoms with van der Waals surface area (Å²) in [6, 6.07) is 6.46. The van der Waals surface area contributed by atoms with Gasteiger partial charge in [0.2, 0.25) is 0 Å². The maximum Gasteiger partial charge on any atom is 0.155 e. The third kappa shape index (κ3) is 4.46. The third-order valence-corrected chi connectivity index (χ3v) is 5.93. The second-order valence-electron chi connectivity index (χ2n) is 9.23. The molecule has 0 unspecified atom stereocenters. The van der Waals surface area contributed by atoms with Crippen molar-refractivity contribution in [1.29, 1.82) is 0 Å². The van der Waals surface area contributed by atoms with Crippen LogP contribution in [-0.2, 0) is 12.1 Å². The minimum Gasteiger partial charge on any atom is -0.352 e. The van der Waals surface area contributed by atoms with Gasteiger partial charge in [-0.25, -0.2) is 9.37 Å². The van der Waals surface area contributed by atoms with E-state index in [9.17, 15) is 4.39 Å².